The van der Waals surface area contributed by atoms with Crippen molar-refractivity contribution in [3.63, 3.8) is 0 Å². The Kier molecular flexibility index (Phi) is 13.3. The van der Waals surface area contributed by atoms with Crippen molar-refractivity contribution in [3.05, 3.63) is 80.6 Å². The monoisotopic (exact) mass is 699 g/mol. The van der Waals surface area contributed by atoms with Crippen molar-refractivity contribution in [2.75, 3.05) is 29.6 Å². The fourth-order valence-electron chi connectivity index (χ4n) is 4.92. The molecule has 0 bridgehead atoms. The van der Waals surface area contributed by atoms with E-state index in [0.717, 1.165) is 0 Å². The highest BCUT2D eigenvalue weighted by molar-refractivity contribution is 7.98. The van der Waals surface area contributed by atoms with Gasteiger partial charge in [-0.2, -0.15) is 0 Å². The second-order valence-corrected chi connectivity index (χ2v) is 12.5. The Labute approximate surface area is 287 Å². The minimum absolute atomic E-state index is 0.00276. The summed E-state index contributed by atoms with van der Waals surface area (Å²) >= 11 is 7.34. The Morgan fingerprint density at radius 1 is 1.02 bits per heavy atom. The van der Waals surface area contributed by atoms with Crippen LogP contribution in [-0.2, 0) is 16.0 Å². The number of hydrogen-bond acceptors (Lipinski definition) is 10. The molecule has 0 aliphatic heterocycles. The average Bonchev–Trinajstić information content (AvgIpc) is 3.02. The van der Waals surface area contributed by atoms with E-state index in [2.05, 4.69) is 20.6 Å². The van der Waals surface area contributed by atoms with Gasteiger partial charge in [-0.05, 0) is 63.8 Å². The number of carbonyl (C=O) groups is 4. The van der Waals surface area contributed by atoms with E-state index in [1.54, 1.807) is 35.4 Å². The van der Waals surface area contributed by atoms with Crippen molar-refractivity contribution in [1.29, 1.82) is 0 Å². The highest BCUT2D eigenvalue weighted by Crippen LogP contribution is 2.27. The molecule has 3 rings (SSSR count). The summed E-state index contributed by atoms with van der Waals surface area (Å²) in [7, 11) is 0. The molecule has 0 spiro atoms. The Morgan fingerprint density at radius 2 is 1.69 bits per heavy atom. The van der Waals surface area contributed by atoms with Crippen LogP contribution in [0.3, 0.4) is 0 Å². The van der Waals surface area contributed by atoms with Crippen LogP contribution >= 0.6 is 23.4 Å². The van der Waals surface area contributed by atoms with E-state index in [1.165, 1.54) is 43.1 Å². The van der Waals surface area contributed by atoms with Gasteiger partial charge in [0.15, 0.2) is 10.9 Å². The number of nitro groups is 1. The average molecular weight is 700 g/mol. The number of aliphatic carboxylic acids is 1. The van der Waals surface area contributed by atoms with Crippen LogP contribution in [0.5, 0.6) is 0 Å². The van der Waals surface area contributed by atoms with E-state index in [4.69, 9.17) is 11.6 Å². The van der Waals surface area contributed by atoms with Crippen molar-refractivity contribution < 1.29 is 29.2 Å². The number of nitrogens with zero attached hydrogens (tertiary/aromatic N) is 5. The van der Waals surface area contributed by atoms with Crippen LogP contribution in [0.4, 0.5) is 17.1 Å². The van der Waals surface area contributed by atoms with E-state index < -0.39 is 34.4 Å². The first-order valence-electron chi connectivity index (χ1n) is 15.0. The molecule has 0 aliphatic carbocycles. The minimum Gasteiger partial charge on any atom is -0.480 e. The Bertz CT molecular complexity index is 1670. The molecule has 0 radical (unpaired) electrons. The lowest BCUT2D eigenvalue weighted by Gasteiger charge is -2.33. The Balaban J connectivity index is 1.79. The minimum atomic E-state index is -1.43. The van der Waals surface area contributed by atoms with Gasteiger partial charge in [0.05, 0.1) is 16.1 Å². The SMILES string of the molecule is CSc1ncc(Cl)c(C(=O)Nc2ccc(CC(NC(=O)c3cc(N(CCN(C(C)=O)C(C)C)C(C)C)ccc3[N+](=O)[O-])C(=O)O)cc2)n1. The van der Waals surface area contributed by atoms with E-state index in [0.29, 0.717) is 35.2 Å². The first-order valence-corrected chi connectivity index (χ1v) is 16.6. The van der Waals surface area contributed by atoms with E-state index in [9.17, 15) is 34.4 Å². The number of carboxylic acid groups (broad SMARTS) is 1. The third-order valence-electron chi connectivity index (χ3n) is 7.36. The predicted octanol–water partition coefficient (Wildman–Crippen LogP) is 4.91. The lowest BCUT2D eigenvalue weighted by molar-refractivity contribution is -0.385. The number of amides is 3. The fraction of sp³-hybridized carbons (Fsp3) is 0.375. The van der Waals surface area contributed by atoms with Gasteiger partial charge < -0.3 is 25.5 Å². The molecule has 16 heteroatoms. The number of carbonyl (C=O) groups excluding carboxylic acids is 3. The molecular formula is C32H38ClN7O7S. The number of nitro benzene ring substituents is 1. The number of carboxylic acids is 1. The first kappa shape index (κ1) is 37.7. The molecule has 3 aromatic rings. The number of benzene rings is 2. The maximum Gasteiger partial charge on any atom is 0.326 e. The van der Waals surface area contributed by atoms with Gasteiger partial charge in [0.25, 0.3) is 17.5 Å². The van der Waals surface area contributed by atoms with Gasteiger partial charge in [-0.15, -0.1) is 0 Å². The highest BCUT2D eigenvalue weighted by atomic mass is 35.5. The summed E-state index contributed by atoms with van der Waals surface area (Å²) in [6.45, 7) is 9.91. The molecule has 0 saturated carbocycles. The summed E-state index contributed by atoms with van der Waals surface area (Å²) in [5.74, 6) is -2.92. The number of rotatable bonds is 15. The summed E-state index contributed by atoms with van der Waals surface area (Å²) in [5, 5.41) is 27.4. The third-order valence-corrected chi connectivity index (χ3v) is 8.20. The fourth-order valence-corrected chi connectivity index (χ4v) is 5.44. The van der Waals surface area contributed by atoms with Crippen LogP contribution < -0.4 is 15.5 Å². The lowest BCUT2D eigenvalue weighted by atomic mass is 10.0. The van der Waals surface area contributed by atoms with Gasteiger partial charge in [0.2, 0.25) is 5.91 Å². The maximum atomic E-state index is 13.4. The van der Waals surface area contributed by atoms with Crippen molar-refractivity contribution >= 4 is 64.1 Å². The number of aromatic nitrogens is 2. The predicted molar refractivity (Wildman–Crippen MR) is 184 cm³/mol. The molecule has 3 amide bonds. The van der Waals surface area contributed by atoms with Gasteiger partial charge >= 0.3 is 5.97 Å². The summed E-state index contributed by atoms with van der Waals surface area (Å²) < 4.78 is 0. The van der Waals surface area contributed by atoms with Crippen LogP contribution in [0.15, 0.2) is 53.8 Å². The molecule has 1 heterocycles. The zero-order valence-corrected chi connectivity index (χ0v) is 29.0. The smallest absolute Gasteiger partial charge is 0.326 e. The molecule has 0 saturated heterocycles. The molecule has 256 valence electrons. The summed E-state index contributed by atoms with van der Waals surface area (Å²) in [5.41, 5.74) is 0.627. The molecule has 2 aromatic carbocycles. The second-order valence-electron chi connectivity index (χ2n) is 11.3. The normalized spacial score (nSPS) is 11.6. The van der Waals surface area contributed by atoms with Crippen molar-refractivity contribution in [2.24, 2.45) is 0 Å². The number of hydrogen-bond donors (Lipinski definition) is 3. The molecule has 0 aliphatic rings. The Morgan fingerprint density at radius 3 is 2.23 bits per heavy atom. The van der Waals surface area contributed by atoms with Crippen LogP contribution in [-0.4, -0.2) is 86.1 Å². The molecule has 1 aromatic heterocycles. The quantitative estimate of drug-likeness (QED) is 0.0846. The van der Waals surface area contributed by atoms with Gasteiger partial charge in [-0.25, -0.2) is 14.8 Å². The highest BCUT2D eigenvalue weighted by Gasteiger charge is 2.28. The van der Waals surface area contributed by atoms with Crippen LogP contribution in [0, 0.1) is 10.1 Å². The maximum absolute atomic E-state index is 13.4. The molecule has 3 N–H and O–H groups in total. The second kappa shape index (κ2) is 16.9. The van der Waals surface area contributed by atoms with Crippen molar-refractivity contribution in [1.82, 2.24) is 20.2 Å². The molecule has 14 nitrogen and oxygen atoms in total. The van der Waals surface area contributed by atoms with Crippen LogP contribution in [0.1, 0.15) is 61.0 Å². The van der Waals surface area contributed by atoms with Crippen LogP contribution in [0.2, 0.25) is 5.02 Å². The standard InChI is InChI=1S/C32H38ClN7O7S/c1-18(2)38(20(5)41)13-14-39(19(3)4)23-11-12-27(40(46)47)24(16-23)29(42)36-26(31(44)45)15-21-7-9-22(10-8-21)35-30(43)28-25(33)17-34-32(37-28)48-6/h7-12,16-19,26H,13-15H2,1-6H3,(H,35,43)(H,36,42)(H,44,45). The molecule has 1 atom stereocenters. The van der Waals surface area contributed by atoms with Crippen molar-refractivity contribution in [3.8, 4) is 0 Å². The van der Waals surface area contributed by atoms with E-state index >= 15 is 0 Å². The number of halogens is 1. The zero-order valence-electron chi connectivity index (χ0n) is 27.4. The van der Waals surface area contributed by atoms with Crippen LogP contribution in [0.25, 0.3) is 0 Å². The topological polar surface area (TPSA) is 188 Å². The molecule has 0 fully saturated rings. The van der Waals surface area contributed by atoms with Gasteiger partial charge in [-0.1, -0.05) is 35.5 Å². The van der Waals surface area contributed by atoms with E-state index in [-0.39, 0.29) is 40.7 Å². The first-order chi connectivity index (χ1) is 22.6. The Hall–Kier alpha value is -4.76. The molecule has 1 unspecified atom stereocenters. The third kappa shape index (κ3) is 9.87. The van der Waals surface area contributed by atoms with E-state index in [1.807, 2.05) is 32.6 Å². The number of anilines is 2. The largest absolute Gasteiger partial charge is 0.480 e. The lowest BCUT2D eigenvalue weighted by Crippen LogP contribution is -2.44. The van der Waals surface area contributed by atoms with Crippen molar-refractivity contribution in [2.45, 2.75) is 64.3 Å². The summed E-state index contributed by atoms with van der Waals surface area (Å²) in [6.07, 6.45) is 2.95. The summed E-state index contributed by atoms with van der Waals surface area (Å²) in [4.78, 5) is 73.4. The zero-order chi connectivity index (χ0) is 35.7. The molecule has 48 heavy (non-hydrogen) atoms. The number of nitrogens with one attached hydrogen (secondary N) is 2. The molecular weight excluding hydrogens is 662 g/mol. The summed E-state index contributed by atoms with van der Waals surface area (Å²) in [6, 6.07) is 8.82. The van der Waals surface area contributed by atoms with Gasteiger partial charge in [-0.3, -0.25) is 24.5 Å². The van der Waals surface area contributed by atoms with Gasteiger partial charge in [0.1, 0.15) is 11.6 Å². The number of thioether (sulfide) groups is 1. The van der Waals surface area contributed by atoms with Gasteiger partial charge in [0, 0.05) is 56.0 Å².